The van der Waals surface area contributed by atoms with Crippen LogP contribution in [0, 0.1) is 0 Å². The van der Waals surface area contributed by atoms with Gasteiger partial charge in [-0.05, 0) is 26.8 Å². The lowest BCUT2D eigenvalue weighted by Gasteiger charge is -2.21. The molecule has 0 aliphatic carbocycles. The van der Waals surface area contributed by atoms with E-state index in [1.807, 2.05) is 9.58 Å². The van der Waals surface area contributed by atoms with Crippen LogP contribution in [0.15, 0.2) is 6.33 Å². The fraction of sp³-hybridized carbons (Fsp3) is 0.769. The van der Waals surface area contributed by atoms with Crippen LogP contribution in [0.3, 0.4) is 0 Å². The van der Waals surface area contributed by atoms with Gasteiger partial charge in [-0.1, -0.05) is 0 Å². The molecule has 1 aliphatic rings. The molecule has 1 N–H and O–H groups in total. The molecule has 0 saturated carbocycles. The number of carboxylic acid groups (broad SMARTS) is 1. The van der Waals surface area contributed by atoms with Gasteiger partial charge in [-0.25, -0.2) is 9.67 Å². The zero-order chi connectivity index (χ0) is 14.5. The van der Waals surface area contributed by atoms with Gasteiger partial charge in [0.25, 0.3) is 0 Å². The molecule has 0 unspecified atom stereocenters. The van der Waals surface area contributed by atoms with E-state index in [4.69, 9.17) is 5.11 Å². The highest BCUT2D eigenvalue weighted by molar-refractivity contribution is 5.69. The Hall–Kier alpha value is -1.47. The molecule has 2 heterocycles. The van der Waals surface area contributed by atoms with E-state index in [-0.39, 0.29) is 6.54 Å². The van der Waals surface area contributed by atoms with Gasteiger partial charge in [0.15, 0.2) is 0 Å². The molecule has 112 valence electrons. The molecule has 1 fully saturated rings. The van der Waals surface area contributed by atoms with Crippen LogP contribution in [-0.2, 0) is 11.3 Å². The van der Waals surface area contributed by atoms with E-state index in [1.165, 1.54) is 0 Å². The number of aliphatic carboxylic acids is 1. The minimum absolute atomic E-state index is 0.135. The first-order valence-corrected chi connectivity index (χ1v) is 7.11. The van der Waals surface area contributed by atoms with E-state index in [0.717, 1.165) is 45.0 Å². The molecule has 0 bridgehead atoms. The van der Waals surface area contributed by atoms with Crippen molar-refractivity contribution in [2.45, 2.75) is 32.9 Å². The Balaban J connectivity index is 1.91. The fourth-order valence-electron chi connectivity index (χ4n) is 2.55. The topological polar surface area (TPSA) is 74.5 Å². The maximum Gasteiger partial charge on any atom is 0.317 e. The van der Waals surface area contributed by atoms with Gasteiger partial charge in [-0.3, -0.25) is 14.6 Å². The van der Waals surface area contributed by atoms with Crippen LogP contribution in [0.1, 0.15) is 32.1 Å². The highest BCUT2D eigenvalue weighted by Gasteiger charge is 2.18. The summed E-state index contributed by atoms with van der Waals surface area (Å²) in [6, 6.07) is 0.308. The molecule has 1 saturated heterocycles. The maximum atomic E-state index is 10.8. The molecule has 20 heavy (non-hydrogen) atoms. The molecule has 1 aromatic rings. The summed E-state index contributed by atoms with van der Waals surface area (Å²) in [6.45, 7) is 8.58. The van der Waals surface area contributed by atoms with Crippen molar-refractivity contribution in [3.63, 3.8) is 0 Å². The summed E-state index contributed by atoms with van der Waals surface area (Å²) >= 11 is 0. The third-order valence-electron chi connectivity index (χ3n) is 3.54. The van der Waals surface area contributed by atoms with Crippen LogP contribution in [0.2, 0.25) is 0 Å². The normalized spacial score (nSPS) is 18.4. The Labute approximate surface area is 119 Å². The second-order valence-electron chi connectivity index (χ2n) is 5.51. The molecule has 0 aromatic carbocycles. The molecule has 7 heteroatoms. The monoisotopic (exact) mass is 281 g/mol. The zero-order valence-corrected chi connectivity index (χ0v) is 12.2. The molecule has 2 rings (SSSR count). The van der Waals surface area contributed by atoms with E-state index in [0.29, 0.717) is 6.04 Å². The summed E-state index contributed by atoms with van der Waals surface area (Å²) in [7, 11) is 0. The van der Waals surface area contributed by atoms with Gasteiger partial charge in [-0.15, -0.1) is 0 Å². The first-order valence-electron chi connectivity index (χ1n) is 7.11. The van der Waals surface area contributed by atoms with Crippen molar-refractivity contribution in [3.8, 4) is 0 Å². The van der Waals surface area contributed by atoms with Crippen molar-refractivity contribution >= 4 is 5.97 Å². The molecule has 7 nitrogen and oxygen atoms in total. The molecule has 1 aromatic heterocycles. The van der Waals surface area contributed by atoms with E-state index in [9.17, 15) is 4.79 Å². The Kier molecular flexibility index (Phi) is 5.08. The van der Waals surface area contributed by atoms with Gasteiger partial charge >= 0.3 is 5.97 Å². The van der Waals surface area contributed by atoms with Gasteiger partial charge in [-0.2, -0.15) is 5.10 Å². The fourth-order valence-corrected chi connectivity index (χ4v) is 2.55. The average molecular weight is 281 g/mol. The van der Waals surface area contributed by atoms with Crippen LogP contribution in [0.5, 0.6) is 0 Å². The van der Waals surface area contributed by atoms with Crippen molar-refractivity contribution in [2.75, 3.05) is 32.7 Å². The zero-order valence-electron chi connectivity index (χ0n) is 12.2. The lowest BCUT2D eigenvalue weighted by molar-refractivity contribution is -0.138. The third-order valence-corrected chi connectivity index (χ3v) is 3.54. The molecule has 1 aliphatic heterocycles. The molecule has 0 radical (unpaired) electrons. The van der Waals surface area contributed by atoms with Crippen LogP contribution < -0.4 is 0 Å². The van der Waals surface area contributed by atoms with E-state index >= 15 is 0 Å². The van der Waals surface area contributed by atoms with Crippen LogP contribution in [-0.4, -0.2) is 68.4 Å². The van der Waals surface area contributed by atoms with E-state index in [2.05, 4.69) is 28.8 Å². The minimum Gasteiger partial charge on any atom is -0.480 e. The van der Waals surface area contributed by atoms with Crippen molar-refractivity contribution in [1.82, 2.24) is 24.6 Å². The van der Waals surface area contributed by atoms with Crippen LogP contribution in [0.4, 0.5) is 0 Å². The number of aromatic nitrogens is 3. The highest BCUT2D eigenvalue weighted by atomic mass is 16.4. The average Bonchev–Trinajstić information content (AvgIpc) is 2.72. The summed E-state index contributed by atoms with van der Waals surface area (Å²) in [6.07, 6.45) is 2.59. The van der Waals surface area contributed by atoms with E-state index < -0.39 is 5.97 Å². The summed E-state index contributed by atoms with van der Waals surface area (Å²) in [5.74, 6) is 0.227. The molecule has 0 amide bonds. The summed E-state index contributed by atoms with van der Waals surface area (Å²) in [4.78, 5) is 19.4. The van der Waals surface area contributed by atoms with Crippen LogP contribution in [0.25, 0.3) is 0 Å². The third kappa shape index (κ3) is 4.01. The SMILES string of the molecule is CC(C)n1ncnc1CN1CCCN(CC(=O)O)CC1. The lowest BCUT2D eigenvalue weighted by atomic mass is 10.3. The van der Waals surface area contributed by atoms with Gasteiger partial charge in [0.2, 0.25) is 0 Å². The van der Waals surface area contributed by atoms with Crippen molar-refractivity contribution in [3.05, 3.63) is 12.2 Å². The quantitative estimate of drug-likeness (QED) is 0.845. The predicted octanol–water partition coefficient (Wildman–Crippen LogP) is 0.451. The number of carboxylic acids is 1. The smallest absolute Gasteiger partial charge is 0.317 e. The largest absolute Gasteiger partial charge is 0.480 e. The summed E-state index contributed by atoms with van der Waals surface area (Å²) in [5, 5.41) is 13.1. The van der Waals surface area contributed by atoms with Gasteiger partial charge in [0.1, 0.15) is 12.2 Å². The standard InChI is InChI=1S/C13H23N5O2/c1-11(2)18-12(14-10-15-18)8-16-4-3-5-17(7-6-16)9-13(19)20/h10-11H,3-9H2,1-2H3,(H,19,20). The Morgan fingerprint density at radius 2 is 2.00 bits per heavy atom. The number of hydrogen-bond acceptors (Lipinski definition) is 5. The molecular weight excluding hydrogens is 258 g/mol. The number of nitrogens with zero attached hydrogens (tertiary/aromatic N) is 5. The lowest BCUT2D eigenvalue weighted by Crippen LogP contribution is -2.34. The second kappa shape index (κ2) is 6.81. The van der Waals surface area contributed by atoms with Crippen LogP contribution >= 0.6 is 0 Å². The number of rotatable bonds is 5. The van der Waals surface area contributed by atoms with Gasteiger partial charge in [0, 0.05) is 25.7 Å². The van der Waals surface area contributed by atoms with Crippen molar-refractivity contribution in [1.29, 1.82) is 0 Å². The van der Waals surface area contributed by atoms with Gasteiger partial charge in [0.05, 0.1) is 13.1 Å². The summed E-state index contributed by atoms with van der Waals surface area (Å²) < 4.78 is 1.94. The minimum atomic E-state index is -0.752. The van der Waals surface area contributed by atoms with Crippen molar-refractivity contribution in [2.24, 2.45) is 0 Å². The number of carbonyl (C=O) groups is 1. The Morgan fingerprint density at radius 3 is 2.70 bits per heavy atom. The first kappa shape index (κ1) is 14.9. The van der Waals surface area contributed by atoms with Crippen molar-refractivity contribution < 1.29 is 9.90 Å². The first-order chi connectivity index (χ1) is 9.56. The predicted molar refractivity (Wildman–Crippen MR) is 74.4 cm³/mol. The highest BCUT2D eigenvalue weighted by Crippen LogP contribution is 2.10. The van der Waals surface area contributed by atoms with Gasteiger partial charge < -0.3 is 5.11 Å². The maximum absolute atomic E-state index is 10.8. The second-order valence-corrected chi connectivity index (χ2v) is 5.51. The molecule has 0 spiro atoms. The summed E-state index contributed by atoms with van der Waals surface area (Å²) in [5.41, 5.74) is 0. The molecular formula is C13H23N5O2. The van der Waals surface area contributed by atoms with E-state index in [1.54, 1.807) is 6.33 Å². The Morgan fingerprint density at radius 1 is 1.30 bits per heavy atom. The number of hydrogen-bond donors (Lipinski definition) is 1. The Bertz CT molecular complexity index is 446. The molecule has 0 atom stereocenters.